The number of rotatable bonds is 3. The Kier molecular flexibility index (Phi) is 4.15. The fourth-order valence-electron chi connectivity index (χ4n) is 2.42. The van der Waals surface area contributed by atoms with Crippen LogP contribution in [-0.2, 0) is 16.0 Å². The molecule has 22 heavy (non-hydrogen) atoms. The van der Waals surface area contributed by atoms with Crippen LogP contribution in [0, 0.1) is 0 Å². The van der Waals surface area contributed by atoms with Crippen molar-refractivity contribution in [1.29, 1.82) is 0 Å². The van der Waals surface area contributed by atoms with E-state index >= 15 is 0 Å². The standard InChI is InChI=1S/C17H15NO3S/c1-21-17(20)12-7-3-4-8-13(12)18-16(19)15-10-11-6-2-5-9-14(11)22-15/h2-9,15H,10H2,1H3,(H,18,19). The third-order valence-corrected chi connectivity index (χ3v) is 4.85. The molecule has 1 heterocycles. The number of carbonyl (C=O) groups is 2. The molecule has 1 unspecified atom stereocenters. The molecule has 0 aromatic heterocycles. The van der Waals surface area contributed by atoms with Crippen molar-refractivity contribution >= 4 is 29.3 Å². The molecule has 1 atom stereocenters. The fourth-order valence-corrected chi connectivity index (χ4v) is 3.62. The lowest BCUT2D eigenvalue weighted by Crippen LogP contribution is -2.25. The summed E-state index contributed by atoms with van der Waals surface area (Å²) in [5.41, 5.74) is 2.03. The van der Waals surface area contributed by atoms with E-state index in [0.717, 1.165) is 4.90 Å². The summed E-state index contributed by atoms with van der Waals surface area (Å²) in [7, 11) is 1.32. The molecule has 3 rings (SSSR count). The number of nitrogens with one attached hydrogen (secondary N) is 1. The molecule has 0 aliphatic carbocycles. The van der Waals surface area contributed by atoms with Crippen LogP contribution in [0.4, 0.5) is 5.69 Å². The first-order chi connectivity index (χ1) is 10.7. The maximum absolute atomic E-state index is 12.5. The maximum Gasteiger partial charge on any atom is 0.339 e. The summed E-state index contributed by atoms with van der Waals surface area (Å²) in [6.07, 6.45) is 0.701. The molecular formula is C17H15NO3S. The van der Waals surface area contributed by atoms with E-state index in [-0.39, 0.29) is 11.2 Å². The highest BCUT2D eigenvalue weighted by Gasteiger charge is 2.28. The van der Waals surface area contributed by atoms with Crippen molar-refractivity contribution in [2.24, 2.45) is 0 Å². The summed E-state index contributed by atoms with van der Waals surface area (Å²) in [6.45, 7) is 0. The SMILES string of the molecule is COC(=O)c1ccccc1NC(=O)C1Cc2ccccc2S1. The molecule has 4 nitrogen and oxygen atoms in total. The average molecular weight is 313 g/mol. The number of anilines is 1. The van der Waals surface area contributed by atoms with Gasteiger partial charge in [-0.2, -0.15) is 0 Å². The number of methoxy groups -OCH3 is 1. The molecule has 1 aliphatic heterocycles. The van der Waals surface area contributed by atoms with E-state index in [0.29, 0.717) is 17.7 Å². The van der Waals surface area contributed by atoms with Gasteiger partial charge in [-0.1, -0.05) is 30.3 Å². The molecule has 0 radical (unpaired) electrons. The molecule has 1 aliphatic rings. The van der Waals surface area contributed by atoms with E-state index in [4.69, 9.17) is 4.74 Å². The minimum atomic E-state index is -0.460. The molecule has 0 fully saturated rings. The highest BCUT2D eigenvalue weighted by atomic mass is 32.2. The minimum absolute atomic E-state index is 0.0995. The zero-order chi connectivity index (χ0) is 15.5. The van der Waals surface area contributed by atoms with E-state index in [1.807, 2.05) is 24.3 Å². The normalized spacial score (nSPS) is 16.0. The predicted octanol–water partition coefficient (Wildman–Crippen LogP) is 3.13. The molecule has 2 aromatic carbocycles. The third-order valence-electron chi connectivity index (χ3n) is 3.53. The van der Waals surface area contributed by atoms with Crippen LogP contribution in [0.1, 0.15) is 15.9 Å². The molecule has 0 saturated carbocycles. The second-order valence-electron chi connectivity index (χ2n) is 4.94. The van der Waals surface area contributed by atoms with Crippen LogP contribution in [0.25, 0.3) is 0 Å². The Balaban J connectivity index is 1.75. The average Bonchev–Trinajstić information content (AvgIpc) is 2.99. The molecular weight excluding hydrogens is 298 g/mol. The van der Waals surface area contributed by atoms with Gasteiger partial charge in [0, 0.05) is 4.90 Å². The van der Waals surface area contributed by atoms with E-state index in [9.17, 15) is 9.59 Å². The van der Waals surface area contributed by atoms with Gasteiger partial charge in [0.2, 0.25) is 5.91 Å². The zero-order valence-electron chi connectivity index (χ0n) is 12.0. The van der Waals surface area contributed by atoms with E-state index in [1.54, 1.807) is 36.0 Å². The summed E-state index contributed by atoms with van der Waals surface area (Å²) in [6, 6.07) is 14.9. The number of carbonyl (C=O) groups excluding carboxylic acids is 2. The van der Waals surface area contributed by atoms with Crippen LogP contribution in [0.3, 0.4) is 0 Å². The number of ether oxygens (including phenoxy) is 1. The van der Waals surface area contributed by atoms with Gasteiger partial charge in [0.25, 0.3) is 0 Å². The molecule has 1 amide bonds. The van der Waals surface area contributed by atoms with Crippen LogP contribution < -0.4 is 5.32 Å². The second-order valence-corrected chi connectivity index (χ2v) is 6.19. The second kappa shape index (κ2) is 6.23. The van der Waals surface area contributed by atoms with Crippen molar-refractivity contribution in [3.8, 4) is 0 Å². The highest BCUT2D eigenvalue weighted by Crippen LogP contribution is 2.37. The molecule has 5 heteroatoms. The Labute approximate surface area is 132 Å². The van der Waals surface area contributed by atoms with Gasteiger partial charge in [0.15, 0.2) is 0 Å². The molecule has 0 bridgehead atoms. The molecule has 0 spiro atoms. The number of benzene rings is 2. The number of hydrogen-bond donors (Lipinski definition) is 1. The quantitative estimate of drug-likeness (QED) is 0.885. The largest absolute Gasteiger partial charge is 0.465 e. The molecule has 0 saturated heterocycles. The van der Waals surface area contributed by atoms with E-state index in [2.05, 4.69) is 5.32 Å². The Morgan fingerprint density at radius 3 is 2.64 bits per heavy atom. The van der Waals surface area contributed by atoms with Crippen LogP contribution >= 0.6 is 11.8 Å². The monoisotopic (exact) mass is 313 g/mol. The van der Waals surface area contributed by atoms with Crippen molar-refractivity contribution in [2.45, 2.75) is 16.6 Å². The van der Waals surface area contributed by atoms with Gasteiger partial charge >= 0.3 is 5.97 Å². The van der Waals surface area contributed by atoms with Crippen molar-refractivity contribution in [3.63, 3.8) is 0 Å². The number of hydrogen-bond acceptors (Lipinski definition) is 4. The lowest BCUT2D eigenvalue weighted by molar-refractivity contribution is -0.115. The van der Waals surface area contributed by atoms with Gasteiger partial charge in [-0.15, -0.1) is 11.8 Å². The minimum Gasteiger partial charge on any atom is -0.465 e. The maximum atomic E-state index is 12.5. The van der Waals surface area contributed by atoms with Crippen molar-refractivity contribution < 1.29 is 14.3 Å². The van der Waals surface area contributed by atoms with E-state index < -0.39 is 5.97 Å². The Morgan fingerprint density at radius 1 is 1.14 bits per heavy atom. The topological polar surface area (TPSA) is 55.4 Å². The number of amides is 1. The smallest absolute Gasteiger partial charge is 0.339 e. The summed E-state index contributed by atoms with van der Waals surface area (Å²) in [5.74, 6) is -0.559. The van der Waals surface area contributed by atoms with Gasteiger partial charge in [-0.3, -0.25) is 4.79 Å². The molecule has 1 N–H and O–H groups in total. The van der Waals surface area contributed by atoms with Gasteiger partial charge in [0.1, 0.15) is 0 Å². The predicted molar refractivity (Wildman–Crippen MR) is 86.2 cm³/mol. The van der Waals surface area contributed by atoms with E-state index in [1.165, 1.54) is 12.7 Å². The zero-order valence-corrected chi connectivity index (χ0v) is 12.9. The van der Waals surface area contributed by atoms with Gasteiger partial charge in [0.05, 0.1) is 23.6 Å². The Hall–Kier alpha value is -2.27. The fraction of sp³-hybridized carbons (Fsp3) is 0.176. The number of esters is 1. The van der Waals surface area contributed by atoms with Crippen molar-refractivity contribution in [3.05, 3.63) is 59.7 Å². The summed E-state index contributed by atoms with van der Waals surface area (Å²) in [4.78, 5) is 25.3. The number of thioether (sulfide) groups is 1. The first kappa shape index (κ1) is 14.7. The first-order valence-electron chi connectivity index (χ1n) is 6.92. The van der Waals surface area contributed by atoms with Crippen molar-refractivity contribution in [1.82, 2.24) is 0 Å². The molecule has 112 valence electrons. The highest BCUT2D eigenvalue weighted by molar-refractivity contribution is 8.01. The summed E-state index contributed by atoms with van der Waals surface area (Å²) >= 11 is 1.56. The van der Waals surface area contributed by atoms with Crippen LogP contribution in [-0.4, -0.2) is 24.2 Å². The third kappa shape index (κ3) is 2.85. The first-order valence-corrected chi connectivity index (χ1v) is 7.80. The number of para-hydroxylation sites is 1. The van der Waals surface area contributed by atoms with Crippen LogP contribution in [0.5, 0.6) is 0 Å². The lowest BCUT2D eigenvalue weighted by atomic mass is 10.1. The van der Waals surface area contributed by atoms with Gasteiger partial charge < -0.3 is 10.1 Å². The Morgan fingerprint density at radius 2 is 1.86 bits per heavy atom. The van der Waals surface area contributed by atoms with Gasteiger partial charge in [-0.25, -0.2) is 4.79 Å². The van der Waals surface area contributed by atoms with Crippen LogP contribution in [0.2, 0.25) is 0 Å². The molecule has 2 aromatic rings. The number of fused-ring (bicyclic) bond motifs is 1. The lowest BCUT2D eigenvalue weighted by Gasteiger charge is -2.12. The van der Waals surface area contributed by atoms with Crippen molar-refractivity contribution in [2.75, 3.05) is 12.4 Å². The summed E-state index contributed by atoms with van der Waals surface area (Å²) in [5, 5.41) is 2.66. The summed E-state index contributed by atoms with van der Waals surface area (Å²) < 4.78 is 4.74. The van der Waals surface area contributed by atoms with Gasteiger partial charge in [-0.05, 0) is 30.2 Å². The van der Waals surface area contributed by atoms with Crippen LogP contribution in [0.15, 0.2) is 53.4 Å². The Bertz CT molecular complexity index is 704.